The molecular formula is C19H23N7S. The van der Waals surface area contributed by atoms with Crippen LogP contribution in [0.3, 0.4) is 0 Å². The zero-order chi connectivity index (χ0) is 18.1. The Morgan fingerprint density at radius 1 is 1.11 bits per heavy atom. The molecule has 2 aliphatic rings. The summed E-state index contributed by atoms with van der Waals surface area (Å²) < 4.78 is 2.33. The Kier molecular flexibility index (Phi) is 4.69. The number of fused-ring (bicyclic) bond motifs is 1. The summed E-state index contributed by atoms with van der Waals surface area (Å²) in [6.45, 7) is 6.02. The molecule has 0 radical (unpaired) electrons. The molecule has 1 fully saturated rings. The number of hydrogen-bond acceptors (Lipinski definition) is 7. The quantitative estimate of drug-likeness (QED) is 0.748. The molecule has 0 aliphatic carbocycles. The molecule has 0 atom stereocenters. The highest BCUT2D eigenvalue weighted by molar-refractivity contribution is 7.14. The third-order valence-electron chi connectivity index (χ3n) is 5.42. The fourth-order valence-corrected chi connectivity index (χ4v) is 4.91. The first-order valence-electron chi connectivity index (χ1n) is 9.58. The van der Waals surface area contributed by atoms with Gasteiger partial charge in [0, 0.05) is 42.8 Å². The first kappa shape index (κ1) is 17.0. The summed E-state index contributed by atoms with van der Waals surface area (Å²) in [6, 6.07) is 5.96. The van der Waals surface area contributed by atoms with E-state index in [-0.39, 0.29) is 0 Å². The molecule has 3 aromatic heterocycles. The Morgan fingerprint density at radius 3 is 2.89 bits per heavy atom. The standard InChI is InChI=1S/C19H23N7S/c1-2-6-21-16(3-1)19-22-11-15(27-19)13-25-8-4-14(5-9-25)18-24-23-17-12-20-7-10-26(17)18/h1-3,6,11,14,20H,4-5,7-10,12-13H2. The van der Waals surface area contributed by atoms with Gasteiger partial charge in [-0.3, -0.25) is 9.88 Å². The molecule has 0 saturated carbocycles. The average molecular weight is 382 g/mol. The summed E-state index contributed by atoms with van der Waals surface area (Å²) in [5.74, 6) is 2.82. The number of nitrogens with one attached hydrogen (secondary N) is 1. The Labute approximate surface area is 162 Å². The van der Waals surface area contributed by atoms with Crippen LogP contribution in [0.2, 0.25) is 0 Å². The number of piperidine rings is 1. The highest BCUT2D eigenvalue weighted by Crippen LogP contribution is 2.30. The van der Waals surface area contributed by atoms with Gasteiger partial charge in [-0.25, -0.2) is 4.98 Å². The molecule has 1 N–H and O–H groups in total. The lowest BCUT2D eigenvalue weighted by atomic mass is 9.95. The number of aromatic nitrogens is 5. The van der Waals surface area contributed by atoms with Gasteiger partial charge in [-0.15, -0.1) is 21.5 Å². The topological polar surface area (TPSA) is 71.8 Å². The number of pyridine rings is 1. The highest BCUT2D eigenvalue weighted by atomic mass is 32.1. The van der Waals surface area contributed by atoms with E-state index in [4.69, 9.17) is 0 Å². The van der Waals surface area contributed by atoms with Gasteiger partial charge in [-0.1, -0.05) is 6.07 Å². The summed E-state index contributed by atoms with van der Waals surface area (Å²) in [4.78, 5) is 12.8. The van der Waals surface area contributed by atoms with Crippen molar-refractivity contribution in [2.45, 2.75) is 38.4 Å². The van der Waals surface area contributed by atoms with Gasteiger partial charge in [0.2, 0.25) is 0 Å². The third kappa shape index (κ3) is 3.52. The molecule has 140 valence electrons. The number of rotatable bonds is 4. The van der Waals surface area contributed by atoms with Gasteiger partial charge >= 0.3 is 0 Å². The van der Waals surface area contributed by atoms with E-state index in [1.807, 2.05) is 30.6 Å². The maximum Gasteiger partial charge on any atom is 0.147 e. The molecule has 8 heteroatoms. The van der Waals surface area contributed by atoms with E-state index in [1.165, 1.54) is 10.7 Å². The van der Waals surface area contributed by atoms with E-state index in [0.717, 1.165) is 68.6 Å². The van der Waals surface area contributed by atoms with E-state index in [9.17, 15) is 0 Å². The molecule has 5 heterocycles. The van der Waals surface area contributed by atoms with Gasteiger partial charge in [0.1, 0.15) is 16.7 Å². The maximum absolute atomic E-state index is 4.56. The molecule has 2 aliphatic heterocycles. The molecule has 0 spiro atoms. The second-order valence-corrected chi connectivity index (χ2v) is 8.32. The van der Waals surface area contributed by atoms with Crippen LogP contribution >= 0.6 is 11.3 Å². The lowest BCUT2D eigenvalue weighted by Gasteiger charge is -2.31. The molecule has 1 saturated heterocycles. The molecule has 27 heavy (non-hydrogen) atoms. The smallest absolute Gasteiger partial charge is 0.147 e. The largest absolute Gasteiger partial charge is 0.312 e. The van der Waals surface area contributed by atoms with Gasteiger partial charge < -0.3 is 9.88 Å². The second kappa shape index (κ2) is 7.46. The Balaban J connectivity index is 1.20. The minimum Gasteiger partial charge on any atom is -0.312 e. The molecule has 0 aromatic carbocycles. The molecule has 0 unspecified atom stereocenters. The van der Waals surface area contributed by atoms with Gasteiger partial charge in [0.05, 0.1) is 12.2 Å². The minimum atomic E-state index is 0.533. The number of hydrogen-bond donors (Lipinski definition) is 1. The van der Waals surface area contributed by atoms with Crippen molar-refractivity contribution in [3.8, 4) is 10.7 Å². The van der Waals surface area contributed by atoms with Gasteiger partial charge in [0.15, 0.2) is 0 Å². The van der Waals surface area contributed by atoms with Crippen molar-refractivity contribution >= 4 is 11.3 Å². The highest BCUT2D eigenvalue weighted by Gasteiger charge is 2.27. The molecule has 5 rings (SSSR count). The SMILES string of the molecule is c1ccc(-c2ncc(CN3CCC(c4nnc5n4CCNC5)CC3)s2)nc1. The first-order chi connectivity index (χ1) is 13.4. The Bertz CT molecular complexity index is 896. The van der Waals surface area contributed by atoms with Crippen molar-refractivity contribution in [1.29, 1.82) is 0 Å². The summed E-state index contributed by atoms with van der Waals surface area (Å²) in [7, 11) is 0. The van der Waals surface area contributed by atoms with Crippen LogP contribution in [0.5, 0.6) is 0 Å². The Hall–Kier alpha value is -2.16. The second-order valence-electron chi connectivity index (χ2n) is 7.20. The van der Waals surface area contributed by atoms with Crippen molar-refractivity contribution in [3.05, 3.63) is 47.1 Å². The van der Waals surface area contributed by atoms with Crippen molar-refractivity contribution in [2.24, 2.45) is 0 Å². The fraction of sp³-hybridized carbons (Fsp3) is 0.474. The number of thiazole rings is 1. The van der Waals surface area contributed by atoms with Crippen LogP contribution in [0, 0.1) is 0 Å². The van der Waals surface area contributed by atoms with E-state index < -0.39 is 0 Å². The zero-order valence-electron chi connectivity index (χ0n) is 15.2. The number of nitrogens with zero attached hydrogens (tertiary/aromatic N) is 6. The fourth-order valence-electron chi connectivity index (χ4n) is 3.97. The van der Waals surface area contributed by atoms with Crippen LogP contribution in [0.1, 0.15) is 35.3 Å². The van der Waals surface area contributed by atoms with E-state index in [1.54, 1.807) is 11.3 Å². The van der Waals surface area contributed by atoms with E-state index in [2.05, 4.69) is 34.9 Å². The normalized spacial score (nSPS) is 18.5. The van der Waals surface area contributed by atoms with Crippen LogP contribution in [-0.2, 0) is 19.6 Å². The third-order valence-corrected chi connectivity index (χ3v) is 6.43. The molecule has 7 nitrogen and oxygen atoms in total. The van der Waals surface area contributed by atoms with Crippen molar-refractivity contribution in [2.75, 3.05) is 19.6 Å². The average Bonchev–Trinajstić information content (AvgIpc) is 3.37. The molecule has 0 bridgehead atoms. The van der Waals surface area contributed by atoms with Gasteiger partial charge in [-0.05, 0) is 38.1 Å². The monoisotopic (exact) mass is 381 g/mol. The van der Waals surface area contributed by atoms with Crippen molar-refractivity contribution in [3.63, 3.8) is 0 Å². The lowest BCUT2D eigenvalue weighted by Crippen LogP contribution is -2.34. The van der Waals surface area contributed by atoms with Gasteiger partial charge in [0.25, 0.3) is 0 Å². The van der Waals surface area contributed by atoms with Crippen LogP contribution in [0.25, 0.3) is 10.7 Å². The van der Waals surface area contributed by atoms with Crippen LogP contribution in [0.4, 0.5) is 0 Å². The first-order valence-corrected chi connectivity index (χ1v) is 10.4. The summed E-state index contributed by atoms with van der Waals surface area (Å²) >= 11 is 1.75. The molecule has 3 aromatic rings. The predicted octanol–water partition coefficient (Wildman–Crippen LogP) is 2.28. The summed E-state index contributed by atoms with van der Waals surface area (Å²) in [5, 5.41) is 13.2. The van der Waals surface area contributed by atoms with E-state index in [0.29, 0.717) is 5.92 Å². The summed E-state index contributed by atoms with van der Waals surface area (Å²) in [5.41, 5.74) is 0.957. The zero-order valence-corrected chi connectivity index (χ0v) is 16.0. The molecule has 0 amide bonds. The van der Waals surface area contributed by atoms with E-state index >= 15 is 0 Å². The van der Waals surface area contributed by atoms with Crippen LogP contribution in [0.15, 0.2) is 30.6 Å². The van der Waals surface area contributed by atoms with Gasteiger partial charge in [-0.2, -0.15) is 0 Å². The lowest BCUT2D eigenvalue weighted by molar-refractivity contribution is 0.201. The minimum absolute atomic E-state index is 0.533. The maximum atomic E-state index is 4.56. The van der Waals surface area contributed by atoms with Crippen LogP contribution < -0.4 is 5.32 Å². The Morgan fingerprint density at radius 2 is 2.04 bits per heavy atom. The summed E-state index contributed by atoms with van der Waals surface area (Å²) in [6.07, 6.45) is 6.12. The van der Waals surface area contributed by atoms with Crippen molar-refractivity contribution in [1.82, 2.24) is 34.9 Å². The predicted molar refractivity (Wildman–Crippen MR) is 104 cm³/mol. The molecular weight excluding hydrogens is 358 g/mol. The van der Waals surface area contributed by atoms with Crippen molar-refractivity contribution < 1.29 is 0 Å². The number of likely N-dealkylation sites (tertiary alicyclic amines) is 1. The van der Waals surface area contributed by atoms with Crippen LogP contribution in [-0.4, -0.2) is 49.3 Å².